The third-order valence-electron chi connectivity index (χ3n) is 4.83. The van der Waals surface area contributed by atoms with Crippen molar-refractivity contribution in [3.8, 4) is 0 Å². The summed E-state index contributed by atoms with van der Waals surface area (Å²) in [7, 11) is -1.77. The van der Waals surface area contributed by atoms with E-state index >= 15 is 0 Å². The Kier molecular flexibility index (Phi) is 5.99. The summed E-state index contributed by atoms with van der Waals surface area (Å²) in [6.07, 6.45) is 7.55. The third kappa shape index (κ3) is 4.30. The van der Waals surface area contributed by atoms with E-state index in [1.807, 2.05) is 17.9 Å². The number of amides is 1. The highest BCUT2D eigenvalue weighted by molar-refractivity contribution is 6.74. The summed E-state index contributed by atoms with van der Waals surface area (Å²) in [6, 6.07) is 0.361. The second-order valence-electron chi connectivity index (χ2n) is 7.35. The van der Waals surface area contributed by atoms with Gasteiger partial charge in [-0.25, -0.2) is 0 Å². The molecule has 1 aliphatic heterocycles. The molecule has 0 saturated carbocycles. The number of hydrogen-bond acceptors (Lipinski definition) is 2. The van der Waals surface area contributed by atoms with E-state index in [-0.39, 0.29) is 23.0 Å². The lowest BCUT2D eigenvalue weighted by Crippen LogP contribution is -2.47. The van der Waals surface area contributed by atoms with Gasteiger partial charge in [0, 0.05) is 0 Å². The fourth-order valence-electron chi connectivity index (χ4n) is 2.46. The Morgan fingerprint density at radius 2 is 2.00 bits per heavy atom. The fraction of sp³-hybridized carbons (Fsp3) is 0.706. The Labute approximate surface area is 131 Å². The van der Waals surface area contributed by atoms with Gasteiger partial charge in [-0.2, -0.15) is 0 Å². The molecule has 0 aliphatic carbocycles. The number of nitrogens with zero attached hydrogens (tertiary/aromatic N) is 1. The maximum absolute atomic E-state index is 12.2. The molecule has 0 aromatic carbocycles. The van der Waals surface area contributed by atoms with Crippen LogP contribution in [0.15, 0.2) is 24.8 Å². The zero-order valence-corrected chi connectivity index (χ0v) is 15.5. The highest BCUT2D eigenvalue weighted by atomic mass is 28.4. The Morgan fingerprint density at radius 3 is 2.48 bits per heavy atom. The van der Waals surface area contributed by atoms with Crippen LogP contribution in [0.2, 0.25) is 18.1 Å². The second kappa shape index (κ2) is 6.92. The SMILES string of the molecule is C=CC(=O)N1[C@H](CO[Si](C)(C)C(C)(C)C)CC[C@H]1C=CC. The molecule has 120 valence electrons. The minimum atomic E-state index is -1.77. The van der Waals surface area contributed by atoms with Gasteiger partial charge in [0.05, 0.1) is 18.7 Å². The van der Waals surface area contributed by atoms with Gasteiger partial charge in [-0.1, -0.05) is 39.5 Å². The molecule has 1 heterocycles. The number of allylic oxidation sites excluding steroid dienone is 1. The van der Waals surface area contributed by atoms with E-state index in [1.165, 1.54) is 6.08 Å². The van der Waals surface area contributed by atoms with E-state index in [0.717, 1.165) is 12.8 Å². The molecule has 1 amide bonds. The van der Waals surface area contributed by atoms with E-state index in [2.05, 4.69) is 46.5 Å². The first-order valence-corrected chi connectivity index (χ1v) is 10.8. The molecule has 0 N–H and O–H groups in total. The molecule has 0 aromatic heterocycles. The maximum Gasteiger partial charge on any atom is 0.246 e. The van der Waals surface area contributed by atoms with Crippen LogP contribution in [-0.2, 0) is 9.22 Å². The minimum absolute atomic E-state index is 0.0134. The van der Waals surface area contributed by atoms with Crippen molar-refractivity contribution in [2.24, 2.45) is 0 Å². The minimum Gasteiger partial charge on any atom is -0.415 e. The van der Waals surface area contributed by atoms with Gasteiger partial charge in [-0.3, -0.25) is 4.79 Å². The third-order valence-corrected chi connectivity index (χ3v) is 9.33. The van der Waals surface area contributed by atoms with Crippen molar-refractivity contribution in [3.63, 3.8) is 0 Å². The van der Waals surface area contributed by atoms with Gasteiger partial charge in [-0.05, 0) is 44.0 Å². The standard InChI is InChI=1S/C17H31NO2Si/c1-8-10-14-11-12-15(18(14)16(19)9-2)13-20-21(6,7)17(3,4)5/h8-10,14-15H,2,11-13H2,1,3-7H3/t14-,15+/m1/s1. The van der Waals surface area contributed by atoms with Crippen molar-refractivity contribution in [3.05, 3.63) is 24.8 Å². The quantitative estimate of drug-likeness (QED) is 0.434. The normalized spacial score (nSPS) is 23.8. The van der Waals surface area contributed by atoms with E-state index in [0.29, 0.717) is 6.61 Å². The number of rotatable bonds is 5. The molecule has 0 spiro atoms. The molecule has 0 unspecified atom stereocenters. The smallest absolute Gasteiger partial charge is 0.246 e. The highest BCUT2D eigenvalue weighted by Crippen LogP contribution is 2.37. The van der Waals surface area contributed by atoms with E-state index in [9.17, 15) is 4.79 Å². The van der Waals surface area contributed by atoms with Crippen LogP contribution in [0, 0.1) is 0 Å². The Morgan fingerprint density at radius 1 is 1.38 bits per heavy atom. The van der Waals surface area contributed by atoms with Crippen molar-refractivity contribution >= 4 is 14.2 Å². The summed E-state index contributed by atoms with van der Waals surface area (Å²) in [5.41, 5.74) is 0. The Bertz CT molecular complexity index is 410. The highest BCUT2D eigenvalue weighted by Gasteiger charge is 2.40. The number of carbonyl (C=O) groups is 1. The van der Waals surface area contributed by atoms with Crippen LogP contribution in [0.1, 0.15) is 40.5 Å². The Balaban J connectivity index is 2.78. The van der Waals surface area contributed by atoms with Gasteiger partial charge in [-0.15, -0.1) is 0 Å². The van der Waals surface area contributed by atoms with Gasteiger partial charge in [0.1, 0.15) is 0 Å². The summed E-state index contributed by atoms with van der Waals surface area (Å²) in [6.45, 7) is 17.5. The van der Waals surface area contributed by atoms with Crippen molar-refractivity contribution in [2.45, 2.75) is 70.8 Å². The summed E-state index contributed by atoms with van der Waals surface area (Å²) in [5.74, 6) is 0.0134. The zero-order valence-electron chi connectivity index (χ0n) is 14.5. The average Bonchev–Trinajstić information content (AvgIpc) is 2.78. The lowest BCUT2D eigenvalue weighted by atomic mass is 10.2. The van der Waals surface area contributed by atoms with E-state index < -0.39 is 8.32 Å². The average molecular weight is 310 g/mol. The molecule has 0 bridgehead atoms. The first-order valence-electron chi connectivity index (χ1n) is 7.85. The first kappa shape index (κ1) is 18.2. The summed E-state index contributed by atoms with van der Waals surface area (Å²) >= 11 is 0. The van der Waals surface area contributed by atoms with Crippen LogP contribution in [-0.4, -0.2) is 37.8 Å². The molecule has 1 aliphatic rings. The summed E-state index contributed by atoms with van der Waals surface area (Å²) < 4.78 is 6.32. The van der Waals surface area contributed by atoms with Crippen LogP contribution in [0.25, 0.3) is 0 Å². The van der Waals surface area contributed by atoms with E-state index in [4.69, 9.17) is 4.43 Å². The molecular weight excluding hydrogens is 278 g/mol. The molecule has 21 heavy (non-hydrogen) atoms. The van der Waals surface area contributed by atoms with Gasteiger partial charge in [0.25, 0.3) is 0 Å². The molecular formula is C17H31NO2Si. The number of carbonyl (C=O) groups excluding carboxylic acids is 1. The van der Waals surface area contributed by atoms with Crippen LogP contribution < -0.4 is 0 Å². The fourth-order valence-corrected chi connectivity index (χ4v) is 3.50. The summed E-state index contributed by atoms with van der Waals surface area (Å²) in [4.78, 5) is 14.1. The van der Waals surface area contributed by atoms with Gasteiger partial charge < -0.3 is 9.33 Å². The van der Waals surface area contributed by atoms with Gasteiger partial charge >= 0.3 is 0 Å². The van der Waals surface area contributed by atoms with Crippen LogP contribution in [0.5, 0.6) is 0 Å². The Hall–Kier alpha value is -0.873. The lowest BCUT2D eigenvalue weighted by molar-refractivity contribution is -0.128. The van der Waals surface area contributed by atoms with Crippen molar-refractivity contribution < 1.29 is 9.22 Å². The monoisotopic (exact) mass is 309 g/mol. The predicted octanol–water partition coefficient (Wildman–Crippen LogP) is 4.13. The molecule has 3 nitrogen and oxygen atoms in total. The van der Waals surface area contributed by atoms with Gasteiger partial charge in [0.2, 0.25) is 5.91 Å². The van der Waals surface area contributed by atoms with Crippen LogP contribution >= 0.6 is 0 Å². The van der Waals surface area contributed by atoms with Crippen LogP contribution in [0.3, 0.4) is 0 Å². The second-order valence-corrected chi connectivity index (χ2v) is 12.2. The van der Waals surface area contributed by atoms with Crippen LogP contribution in [0.4, 0.5) is 0 Å². The zero-order chi connectivity index (χ0) is 16.3. The molecule has 4 heteroatoms. The number of hydrogen-bond donors (Lipinski definition) is 0. The van der Waals surface area contributed by atoms with Crippen molar-refractivity contribution in [1.82, 2.24) is 4.90 Å². The lowest BCUT2D eigenvalue weighted by Gasteiger charge is -2.38. The first-order chi connectivity index (χ1) is 9.64. The topological polar surface area (TPSA) is 29.5 Å². The molecule has 0 radical (unpaired) electrons. The molecule has 1 saturated heterocycles. The van der Waals surface area contributed by atoms with Crippen molar-refractivity contribution in [2.75, 3.05) is 6.61 Å². The largest absolute Gasteiger partial charge is 0.415 e. The predicted molar refractivity (Wildman–Crippen MR) is 91.8 cm³/mol. The van der Waals surface area contributed by atoms with E-state index in [1.54, 1.807) is 0 Å². The molecule has 1 fully saturated rings. The molecule has 2 atom stereocenters. The molecule has 1 rings (SSSR count). The van der Waals surface area contributed by atoms with Crippen molar-refractivity contribution in [1.29, 1.82) is 0 Å². The van der Waals surface area contributed by atoms with Gasteiger partial charge in [0.15, 0.2) is 8.32 Å². The number of likely N-dealkylation sites (tertiary alicyclic amines) is 1. The summed E-state index contributed by atoms with van der Waals surface area (Å²) in [5, 5.41) is 0.196. The maximum atomic E-state index is 12.2. The molecule has 0 aromatic rings.